The van der Waals surface area contributed by atoms with Crippen molar-refractivity contribution in [3.8, 4) is 34.1 Å². The number of nitrogens with zero attached hydrogens (tertiary/aromatic N) is 4. The average molecular weight is 783 g/mol. The van der Waals surface area contributed by atoms with Gasteiger partial charge in [0.1, 0.15) is 5.82 Å². The molecule has 0 radical (unpaired) electrons. The molecule has 7 heteroatoms. The first-order chi connectivity index (χ1) is 24.0. The second-order valence-corrected chi connectivity index (χ2v) is 14.7. The van der Waals surface area contributed by atoms with E-state index in [2.05, 4.69) is 132 Å². The molecule has 0 saturated heterocycles. The SMILES string of the molecule is CSc1c(C)c(C)c(-c2c(C(C)C)nn(-c3[c-]c(Oc4[c-]c5c(cc4)c4ccccc4n5-c4cc(C)ccn4)ccc3)c2C(C)C)c(C)c1C.[Pd+2]. The topological polar surface area (TPSA) is 44.9 Å². The third kappa shape index (κ3) is 6.35. The van der Waals surface area contributed by atoms with Gasteiger partial charge in [0.25, 0.3) is 0 Å². The molecule has 0 unspecified atom stereocenters. The number of fused-ring (bicyclic) bond motifs is 3. The predicted octanol–water partition coefficient (Wildman–Crippen LogP) is 11.9. The Morgan fingerprint density at radius 1 is 0.725 bits per heavy atom. The van der Waals surface area contributed by atoms with E-state index in [9.17, 15) is 0 Å². The third-order valence-electron chi connectivity index (χ3n) is 9.94. The summed E-state index contributed by atoms with van der Waals surface area (Å²) in [5.74, 6) is 2.53. The molecule has 0 aliphatic carbocycles. The summed E-state index contributed by atoms with van der Waals surface area (Å²) in [5.41, 5.74) is 14.2. The van der Waals surface area contributed by atoms with Crippen LogP contribution in [-0.4, -0.2) is 25.6 Å². The maximum atomic E-state index is 6.54. The Morgan fingerprint density at radius 2 is 1.43 bits per heavy atom. The van der Waals surface area contributed by atoms with Crippen molar-refractivity contribution in [1.29, 1.82) is 0 Å². The molecule has 0 bridgehead atoms. The van der Waals surface area contributed by atoms with Crippen LogP contribution in [0.4, 0.5) is 0 Å². The van der Waals surface area contributed by atoms with Gasteiger partial charge in [-0.3, -0.25) is 4.68 Å². The molecule has 3 aromatic heterocycles. The van der Waals surface area contributed by atoms with Crippen LogP contribution < -0.4 is 4.74 Å². The Morgan fingerprint density at radius 3 is 2.10 bits per heavy atom. The van der Waals surface area contributed by atoms with Crippen LogP contribution in [-0.2, 0) is 20.4 Å². The van der Waals surface area contributed by atoms with Crippen LogP contribution in [0.15, 0.2) is 77.8 Å². The molecule has 0 saturated carbocycles. The van der Waals surface area contributed by atoms with Crippen molar-refractivity contribution in [2.75, 3.05) is 6.26 Å². The Kier molecular flexibility index (Phi) is 10.4. The van der Waals surface area contributed by atoms with E-state index < -0.39 is 0 Å². The monoisotopic (exact) mass is 782 g/mol. The van der Waals surface area contributed by atoms with Gasteiger partial charge >= 0.3 is 20.4 Å². The van der Waals surface area contributed by atoms with Gasteiger partial charge in [0, 0.05) is 33.7 Å². The first-order valence-corrected chi connectivity index (χ1v) is 18.6. The van der Waals surface area contributed by atoms with E-state index in [4.69, 9.17) is 14.8 Å². The number of para-hydroxylation sites is 1. The number of ether oxygens (including phenoxy) is 1. The number of hydrogen-bond acceptors (Lipinski definition) is 4. The Labute approximate surface area is 320 Å². The van der Waals surface area contributed by atoms with Gasteiger partial charge < -0.3 is 9.30 Å². The zero-order valence-corrected chi connectivity index (χ0v) is 33.4. The molecular formula is C44H44N4OPdS. The van der Waals surface area contributed by atoms with Crippen molar-refractivity contribution >= 4 is 33.6 Å². The summed E-state index contributed by atoms with van der Waals surface area (Å²) in [5, 5.41) is 7.58. The van der Waals surface area contributed by atoms with Crippen LogP contribution in [0.2, 0.25) is 0 Å². The van der Waals surface area contributed by atoms with E-state index in [-0.39, 0.29) is 32.3 Å². The van der Waals surface area contributed by atoms with Gasteiger partial charge in [-0.25, -0.2) is 4.98 Å². The molecule has 51 heavy (non-hydrogen) atoms. The summed E-state index contributed by atoms with van der Waals surface area (Å²) in [7, 11) is 0. The molecule has 0 N–H and O–H groups in total. The molecular weight excluding hydrogens is 739 g/mol. The Hall–Kier alpha value is -4.15. The quantitative estimate of drug-likeness (QED) is 0.0875. The smallest absolute Gasteiger partial charge is 0.509 e. The molecule has 4 aromatic carbocycles. The average Bonchev–Trinajstić information content (AvgIpc) is 3.65. The number of aromatic nitrogens is 4. The number of hydrogen-bond donors (Lipinski definition) is 0. The maximum absolute atomic E-state index is 6.54. The van der Waals surface area contributed by atoms with E-state index in [0.29, 0.717) is 11.5 Å². The van der Waals surface area contributed by atoms with Gasteiger partial charge in [0.2, 0.25) is 0 Å². The molecule has 0 amide bonds. The molecule has 262 valence electrons. The Bertz CT molecular complexity index is 2390. The van der Waals surface area contributed by atoms with E-state index in [1.54, 1.807) is 0 Å². The zero-order valence-electron chi connectivity index (χ0n) is 31.0. The number of benzene rings is 4. The molecule has 0 aliphatic rings. The number of thioether (sulfide) groups is 1. The number of aryl methyl sites for hydroxylation is 1. The Balaban J connectivity index is 0.00000448. The van der Waals surface area contributed by atoms with Crippen LogP contribution >= 0.6 is 11.8 Å². The standard InChI is InChI=1S/C44H44N4OS.Pd/c1-25(2)42-41(40-28(6)30(8)44(50-10)31(9)29(40)7)43(26(3)4)48(46-42)32-14-13-15-33(23-32)49-34-18-19-36-35-16-11-12-17-37(35)47(38(36)24-34)39-22-27(5)20-21-45-39;/h11-22,25-26H,1-10H3;/q-2;+2. The van der Waals surface area contributed by atoms with Crippen LogP contribution in [0.3, 0.4) is 0 Å². The molecule has 0 fully saturated rings. The van der Waals surface area contributed by atoms with Crippen LogP contribution in [0.1, 0.15) is 78.7 Å². The largest absolute Gasteiger partial charge is 2.00 e. The van der Waals surface area contributed by atoms with Crippen molar-refractivity contribution in [1.82, 2.24) is 19.3 Å². The number of pyridine rings is 1. The van der Waals surface area contributed by atoms with Crippen LogP contribution in [0, 0.1) is 46.8 Å². The van der Waals surface area contributed by atoms with E-state index in [0.717, 1.165) is 44.6 Å². The van der Waals surface area contributed by atoms with E-state index in [1.165, 1.54) is 44.0 Å². The predicted molar refractivity (Wildman–Crippen MR) is 209 cm³/mol. The molecule has 3 heterocycles. The third-order valence-corrected chi connectivity index (χ3v) is 11.0. The van der Waals surface area contributed by atoms with Crippen molar-refractivity contribution in [2.45, 2.75) is 79.0 Å². The fraction of sp³-hybridized carbons (Fsp3) is 0.273. The maximum Gasteiger partial charge on any atom is 2.00 e. The fourth-order valence-electron chi connectivity index (χ4n) is 7.34. The minimum absolute atomic E-state index is 0. The summed E-state index contributed by atoms with van der Waals surface area (Å²) < 4.78 is 10.8. The van der Waals surface area contributed by atoms with E-state index >= 15 is 0 Å². The van der Waals surface area contributed by atoms with E-state index in [1.807, 2.05) is 42.2 Å². The molecule has 7 aromatic rings. The summed E-state index contributed by atoms with van der Waals surface area (Å²) in [6, 6.07) is 29.8. The van der Waals surface area contributed by atoms with Crippen LogP contribution in [0.5, 0.6) is 11.5 Å². The second kappa shape index (κ2) is 14.5. The summed E-state index contributed by atoms with van der Waals surface area (Å²) in [6.45, 7) is 20.1. The van der Waals surface area contributed by atoms with Crippen molar-refractivity contribution in [2.24, 2.45) is 0 Å². The molecule has 0 aliphatic heterocycles. The fourth-order valence-corrected chi connectivity index (χ4v) is 8.26. The summed E-state index contributed by atoms with van der Waals surface area (Å²) >= 11 is 1.83. The normalized spacial score (nSPS) is 11.6. The van der Waals surface area contributed by atoms with Crippen molar-refractivity contribution in [3.63, 3.8) is 0 Å². The minimum Gasteiger partial charge on any atom is -0.509 e. The number of rotatable bonds is 8. The molecule has 5 nitrogen and oxygen atoms in total. The molecule has 0 atom stereocenters. The molecule has 7 rings (SSSR count). The van der Waals surface area contributed by atoms with Gasteiger partial charge in [-0.2, -0.15) is 17.2 Å². The summed E-state index contributed by atoms with van der Waals surface area (Å²) in [6.07, 6.45) is 4.03. The van der Waals surface area contributed by atoms with Crippen molar-refractivity contribution < 1.29 is 25.2 Å². The second-order valence-electron chi connectivity index (χ2n) is 13.9. The van der Waals surface area contributed by atoms with Gasteiger partial charge in [0.15, 0.2) is 0 Å². The minimum atomic E-state index is 0. The van der Waals surface area contributed by atoms with Gasteiger partial charge in [-0.15, -0.1) is 47.5 Å². The van der Waals surface area contributed by atoms with Gasteiger partial charge in [-0.1, -0.05) is 51.4 Å². The van der Waals surface area contributed by atoms with Gasteiger partial charge in [-0.05, 0) is 115 Å². The summed E-state index contributed by atoms with van der Waals surface area (Å²) in [4.78, 5) is 6.09. The first kappa shape index (κ1) is 36.6. The van der Waals surface area contributed by atoms with Crippen molar-refractivity contribution in [3.05, 3.63) is 124 Å². The van der Waals surface area contributed by atoms with Gasteiger partial charge in [0.05, 0.1) is 11.4 Å². The molecule has 0 spiro atoms. The zero-order chi connectivity index (χ0) is 35.4. The van der Waals surface area contributed by atoms with Crippen LogP contribution in [0.25, 0.3) is 44.4 Å². The first-order valence-electron chi connectivity index (χ1n) is 17.4.